The first kappa shape index (κ1) is 21.8. The summed E-state index contributed by atoms with van der Waals surface area (Å²) in [6.45, 7) is 4.64. The molecule has 8 nitrogen and oxygen atoms in total. The minimum absolute atomic E-state index is 0.0509. The van der Waals surface area contributed by atoms with Crippen LogP contribution in [0.5, 0.6) is 0 Å². The van der Waals surface area contributed by atoms with Crippen molar-refractivity contribution in [2.24, 2.45) is 0 Å². The van der Waals surface area contributed by atoms with Crippen molar-refractivity contribution in [3.05, 3.63) is 60.3 Å². The van der Waals surface area contributed by atoms with Gasteiger partial charge in [0, 0.05) is 27.8 Å². The topological polar surface area (TPSA) is 120 Å². The molecule has 164 valence electrons. The van der Waals surface area contributed by atoms with E-state index in [2.05, 4.69) is 25.5 Å². The minimum atomic E-state index is -1.05. The van der Waals surface area contributed by atoms with Gasteiger partial charge in [-0.25, -0.2) is 9.97 Å². The molecule has 0 radical (unpaired) electrons. The Morgan fingerprint density at radius 3 is 2.31 bits per heavy atom. The van der Waals surface area contributed by atoms with Gasteiger partial charge < -0.3 is 15.5 Å². The van der Waals surface area contributed by atoms with E-state index in [9.17, 15) is 4.21 Å². The van der Waals surface area contributed by atoms with Gasteiger partial charge in [-0.15, -0.1) is 10.2 Å². The number of aromatic nitrogens is 4. The molecule has 0 amide bonds. The minimum Gasteiger partial charge on any atom is -0.414 e. The van der Waals surface area contributed by atoms with E-state index in [0.717, 1.165) is 28.1 Å². The molecule has 0 aliphatic carbocycles. The fourth-order valence-corrected chi connectivity index (χ4v) is 4.08. The smallest absolute Gasteiger partial charge is 0.270 e. The fraction of sp³-hybridized carbons (Fsp3) is 0.217. The number of rotatable bonds is 7. The van der Waals surface area contributed by atoms with Crippen LogP contribution in [0.25, 0.3) is 34.3 Å². The number of anilines is 1. The average Bonchev–Trinajstić information content (AvgIpc) is 3.30. The Hall–Kier alpha value is -3.43. The van der Waals surface area contributed by atoms with Gasteiger partial charge in [-0.3, -0.25) is 4.21 Å². The number of hydrogen-bond donors (Lipinski definition) is 2. The Bertz CT molecular complexity index is 1240. The first-order valence-electron chi connectivity index (χ1n) is 10.2. The molecule has 2 aromatic heterocycles. The van der Waals surface area contributed by atoms with Crippen LogP contribution in [0.3, 0.4) is 0 Å². The van der Waals surface area contributed by atoms with Crippen molar-refractivity contribution in [2.45, 2.75) is 30.5 Å². The molecule has 4 aromatic rings. The van der Waals surface area contributed by atoms with Crippen LogP contribution in [0.2, 0.25) is 0 Å². The fourth-order valence-electron chi connectivity index (χ4n) is 3.13. The first-order valence-corrected chi connectivity index (χ1v) is 11.4. The summed E-state index contributed by atoms with van der Waals surface area (Å²) < 4.78 is 18.1. The molecule has 2 aromatic carbocycles. The van der Waals surface area contributed by atoms with Crippen LogP contribution in [0, 0.1) is 0 Å². The molecule has 1 atom stereocenters. The van der Waals surface area contributed by atoms with Crippen molar-refractivity contribution in [3.63, 3.8) is 0 Å². The second-order valence-electron chi connectivity index (χ2n) is 7.50. The summed E-state index contributed by atoms with van der Waals surface area (Å²) in [5.41, 5.74) is 9.76. The summed E-state index contributed by atoms with van der Waals surface area (Å²) >= 11 is 0. The summed E-state index contributed by atoms with van der Waals surface area (Å²) in [5, 5.41) is 11.4. The van der Waals surface area contributed by atoms with Gasteiger partial charge in [-0.2, -0.15) is 0 Å². The maximum absolute atomic E-state index is 12.3. The summed E-state index contributed by atoms with van der Waals surface area (Å²) in [4.78, 5) is 9.63. The molecule has 0 spiro atoms. The Morgan fingerprint density at radius 2 is 1.66 bits per heavy atom. The van der Waals surface area contributed by atoms with E-state index >= 15 is 0 Å². The van der Waals surface area contributed by atoms with Crippen molar-refractivity contribution in [1.82, 2.24) is 25.5 Å². The highest BCUT2D eigenvalue weighted by molar-refractivity contribution is 7.85. The molecule has 3 N–H and O–H groups in total. The van der Waals surface area contributed by atoms with Gasteiger partial charge in [0.25, 0.3) is 5.89 Å². The van der Waals surface area contributed by atoms with Gasteiger partial charge in [0.05, 0.1) is 22.7 Å². The molecule has 0 saturated heterocycles. The third-order valence-electron chi connectivity index (χ3n) is 4.82. The van der Waals surface area contributed by atoms with Gasteiger partial charge in [0.2, 0.25) is 5.89 Å². The van der Waals surface area contributed by atoms with Crippen LogP contribution in [-0.4, -0.2) is 36.7 Å². The zero-order valence-electron chi connectivity index (χ0n) is 18.1. The quantitative estimate of drug-likeness (QED) is 0.439. The van der Waals surface area contributed by atoms with Crippen molar-refractivity contribution in [2.75, 3.05) is 12.8 Å². The summed E-state index contributed by atoms with van der Waals surface area (Å²) in [6, 6.07) is 15.3. The number of hydrogen-bond acceptors (Lipinski definition) is 8. The molecule has 0 aliphatic heterocycles. The lowest BCUT2D eigenvalue weighted by atomic mass is 10.1. The number of nitrogens with two attached hydrogens (primary N) is 1. The number of benzene rings is 2. The van der Waals surface area contributed by atoms with Gasteiger partial charge in [0.1, 0.15) is 0 Å². The summed E-state index contributed by atoms with van der Waals surface area (Å²) in [7, 11) is 0.853. The highest BCUT2D eigenvalue weighted by Crippen LogP contribution is 2.28. The van der Waals surface area contributed by atoms with Gasteiger partial charge >= 0.3 is 0 Å². The molecule has 0 aliphatic rings. The van der Waals surface area contributed by atoms with Crippen LogP contribution >= 0.6 is 0 Å². The van der Waals surface area contributed by atoms with Crippen molar-refractivity contribution in [1.29, 1.82) is 0 Å². The maximum Gasteiger partial charge on any atom is 0.270 e. The molecule has 0 fully saturated rings. The molecular weight excluding hydrogens is 424 g/mol. The molecule has 2 heterocycles. The number of nitrogens with one attached hydrogen (secondary N) is 1. The van der Waals surface area contributed by atoms with E-state index < -0.39 is 10.8 Å². The third-order valence-corrected chi connectivity index (χ3v) is 6.41. The summed E-state index contributed by atoms with van der Waals surface area (Å²) in [6.07, 6.45) is 1.59. The van der Waals surface area contributed by atoms with Crippen LogP contribution in [0.4, 0.5) is 5.82 Å². The Kier molecular flexibility index (Phi) is 6.38. The highest BCUT2D eigenvalue weighted by Gasteiger charge is 2.17. The van der Waals surface area contributed by atoms with Gasteiger partial charge in [0.15, 0.2) is 11.5 Å². The monoisotopic (exact) mass is 448 g/mol. The summed E-state index contributed by atoms with van der Waals surface area (Å²) in [5.74, 6) is 0.776. The lowest BCUT2D eigenvalue weighted by Gasteiger charge is -2.07. The molecular formula is C23H24N6O2S. The lowest BCUT2D eigenvalue weighted by Crippen LogP contribution is -2.05. The third kappa shape index (κ3) is 4.58. The van der Waals surface area contributed by atoms with Crippen molar-refractivity contribution >= 4 is 16.6 Å². The highest BCUT2D eigenvalue weighted by atomic mass is 32.2. The molecule has 4 rings (SSSR count). The predicted octanol–water partition coefficient (Wildman–Crippen LogP) is 3.68. The van der Waals surface area contributed by atoms with E-state index in [-0.39, 0.29) is 17.0 Å². The second kappa shape index (κ2) is 9.37. The molecule has 1 unspecified atom stereocenters. The van der Waals surface area contributed by atoms with E-state index in [1.165, 1.54) is 0 Å². The average molecular weight is 449 g/mol. The SMILES string of the molecule is CNCc1ccc(-c2nnc(-c3nc(-c4ccc(S(=O)C(C)C)cc4)cnc3N)o2)cc1. The molecule has 32 heavy (non-hydrogen) atoms. The molecule has 0 bridgehead atoms. The van der Waals surface area contributed by atoms with E-state index in [1.54, 1.807) is 6.20 Å². The van der Waals surface area contributed by atoms with Crippen LogP contribution in [0.15, 0.2) is 64.0 Å². The van der Waals surface area contributed by atoms with Crippen molar-refractivity contribution < 1.29 is 8.63 Å². The van der Waals surface area contributed by atoms with Crippen LogP contribution in [0.1, 0.15) is 19.4 Å². The van der Waals surface area contributed by atoms with E-state index in [4.69, 9.17) is 10.2 Å². The Balaban J connectivity index is 1.62. The zero-order chi connectivity index (χ0) is 22.7. The second-order valence-corrected chi connectivity index (χ2v) is 9.51. The van der Waals surface area contributed by atoms with Gasteiger partial charge in [-0.05, 0) is 36.9 Å². The first-order chi connectivity index (χ1) is 15.5. The predicted molar refractivity (Wildman–Crippen MR) is 125 cm³/mol. The molecule has 0 saturated carbocycles. The largest absolute Gasteiger partial charge is 0.414 e. The Labute approximate surface area is 188 Å². The molecule has 9 heteroatoms. The standard InChI is InChI=1S/C23H24N6O2S/c1-14(2)32(30)18-10-8-16(9-11-18)19-13-26-21(24)20(27-19)23-29-28-22(31-23)17-6-4-15(5-7-17)12-25-3/h4-11,13-14,25H,12H2,1-3H3,(H2,24,26). The maximum atomic E-state index is 12.3. The van der Waals surface area contributed by atoms with E-state index in [1.807, 2.05) is 69.4 Å². The number of nitrogens with zero attached hydrogens (tertiary/aromatic N) is 4. The van der Waals surface area contributed by atoms with Crippen LogP contribution in [-0.2, 0) is 17.3 Å². The van der Waals surface area contributed by atoms with Crippen LogP contribution < -0.4 is 11.1 Å². The Morgan fingerprint density at radius 1 is 1.00 bits per heavy atom. The van der Waals surface area contributed by atoms with Gasteiger partial charge in [-0.1, -0.05) is 38.1 Å². The zero-order valence-corrected chi connectivity index (χ0v) is 18.9. The van der Waals surface area contributed by atoms with E-state index in [0.29, 0.717) is 17.3 Å². The van der Waals surface area contributed by atoms with Crippen molar-refractivity contribution in [3.8, 4) is 34.3 Å². The normalized spacial score (nSPS) is 12.2. The number of nitrogen functional groups attached to an aromatic ring is 1. The lowest BCUT2D eigenvalue weighted by molar-refractivity contribution is 0.582.